The van der Waals surface area contributed by atoms with Gasteiger partial charge < -0.3 is 20.6 Å². The average Bonchev–Trinajstić information content (AvgIpc) is 3.46. The maximum Gasteiger partial charge on any atom is 0.290 e. The first-order valence-electron chi connectivity index (χ1n) is 8.82. The van der Waals surface area contributed by atoms with E-state index in [-0.39, 0.29) is 18.4 Å². The van der Waals surface area contributed by atoms with Gasteiger partial charge in [-0.1, -0.05) is 36.4 Å². The summed E-state index contributed by atoms with van der Waals surface area (Å²) in [5.74, 6) is 0.228. The predicted octanol–water partition coefficient (Wildman–Crippen LogP) is 1.14. The highest BCUT2D eigenvalue weighted by atomic mass is 16.3. The topological polar surface area (TPSA) is 81.7 Å². The van der Waals surface area contributed by atoms with E-state index in [9.17, 15) is 4.79 Å². The first-order chi connectivity index (χ1) is 12.2. The standard InChI is InChI=1S/C18H23N3O.CH2O2/c22-18(16-9-6-14-10-19-11-17(16)20-14)21(15-7-8-15)12-13-4-2-1-3-5-13;2-1-3/h1-5,9,14-15,17,19-20H,6-8,10-12H2;1H,(H,2,3). The van der Waals surface area contributed by atoms with E-state index in [1.54, 1.807) is 0 Å². The predicted molar refractivity (Wildman–Crippen MR) is 95.0 cm³/mol. The zero-order valence-corrected chi connectivity index (χ0v) is 14.2. The number of nitrogens with zero attached hydrogens (tertiary/aromatic N) is 1. The van der Waals surface area contributed by atoms with Crippen LogP contribution in [0.2, 0.25) is 0 Å². The summed E-state index contributed by atoms with van der Waals surface area (Å²) in [7, 11) is 0. The zero-order valence-electron chi connectivity index (χ0n) is 14.2. The quantitative estimate of drug-likeness (QED) is 0.714. The fourth-order valence-corrected chi connectivity index (χ4v) is 3.50. The Morgan fingerprint density at radius 1 is 1.24 bits per heavy atom. The van der Waals surface area contributed by atoms with Crippen LogP contribution >= 0.6 is 0 Å². The molecule has 0 radical (unpaired) electrons. The van der Waals surface area contributed by atoms with Crippen molar-refractivity contribution in [2.24, 2.45) is 0 Å². The maximum atomic E-state index is 13.1. The summed E-state index contributed by atoms with van der Waals surface area (Å²) in [4.78, 5) is 23.5. The Kier molecular flexibility index (Phi) is 5.83. The fourth-order valence-electron chi connectivity index (χ4n) is 3.50. The summed E-state index contributed by atoms with van der Waals surface area (Å²) < 4.78 is 0. The first-order valence-corrected chi connectivity index (χ1v) is 8.82. The third-order valence-corrected chi connectivity index (χ3v) is 4.86. The number of hydrogen-bond acceptors (Lipinski definition) is 4. The zero-order chi connectivity index (χ0) is 17.6. The molecule has 3 N–H and O–H groups in total. The van der Waals surface area contributed by atoms with Gasteiger partial charge in [-0.15, -0.1) is 0 Å². The molecule has 1 saturated carbocycles. The Bertz CT molecular complexity index is 628. The third kappa shape index (κ3) is 4.46. The van der Waals surface area contributed by atoms with E-state index < -0.39 is 0 Å². The van der Waals surface area contributed by atoms with Crippen molar-refractivity contribution in [1.82, 2.24) is 15.5 Å². The smallest absolute Gasteiger partial charge is 0.290 e. The molecule has 2 fully saturated rings. The molecular weight excluding hydrogens is 318 g/mol. The van der Waals surface area contributed by atoms with Crippen LogP contribution in [0.5, 0.6) is 0 Å². The lowest BCUT2D eigenvalue weighted by Gasteiger charge is -2.38. The Balaban J connectivity index is 0.000000569. The number of hydrogen-bond donors (Lipinski definition) is 3. The summed E-state index contributed by atoms with van der Waals surface area (Å²) >= 11 is 0. The van der Waals surface area contributed by atoms with Gasteiger partial charge in [0.2, 0.25) is 0 Å². The van der Waals surface area contributed by atoms with E-state index in [2.05, 4.69) is 33.7 Å². The van der Waals surface area contributed by atoms with E-state index in [1.165, 1.54) is 5.56 Å². The van der Waals surface area contributed by atoms with Crippen LogP contribution < -0.4 is 10.6 Å². The normalized spacial score (nSPS) is 24.4. The van der Waals surface area contributed by atoms with Gasteiger partial charge >= 0.3 is 0 Å². The molecule has 1 saturated heterocycles. The van der Waals surface area contributed by atoms with Gasteiger partial charge in [0.1, 0.15) is 0 Å². The molecule has 6 heteroatoms. The number of piperazine rings is 1. The van der Waals surface area contributed by atoms with Crippen LogP contribution in [0.4, 0.5) is 0 Å². The van der Waals surface area contributed by atoms with Crippen LogP contribution in [0, 0.1) is 0 Å². The van der Waals surface area contributed by atoms with E-state index in [0.29, 0.717) is 12.1 Å². The summed E-state index contributed by atoms with van der Waals surface area (Å²) in [5, 5.41) is 13.9. The average molecular weight is 343 g/mol. The minimum absolute atomic E-state index is 0.178. The SMILES string of the molecule is O=C(C1=CCC2CNCC1N2)N(Cc1ccccc1)C1CC1.O=CO. The van der Waals surface area contributed by atoms with Crippen molar-refractivity contribution < 1.29 is 14.7 Å². The Hall–Kier alpha value is -2.18. The summed E-state index contributed by atoms with van der Waals surface area (Å²) in [5.41, 5.74) is 2.18. The number of carbonyl (C=O) groups excluding carboxylic acids is 1. The van der Waals surface area contributed by atoms with E-state index in [1.807, 2.05) is 18.2 Å². The molecule has 0 spiro atoms. The number of benzene rings is 1. The second-order valence-corrected chi connectivity index (χ2v) is 6.72. The summed E-state index contributed by atoms with van der Waals surface area (Å²) in [6, 6.07) is 11.4. The summed E-state index contributed by atoms with van der Waals surface area (Å²) in [6.45, 7) is 2.34. The van der Waals surface area contributed by atoms with Crippen molar-refractivity contribution in [3.63, 3.8) is 0 Å². The third-order valence-electron chi connectivity index (χ3n) is 4.86. The molecule has 3 aliphatic rings. The number of fused-ring (bicyclic) bond motifs is 2. The van der Waals surface area contributed by atoms with Gasteiger partial charge in [0.05, 0.1) is 6.04 Å². The largest absolute Gasteiger partial charge is 0.483 e. The molecule has 1 aromatic carbocycles. The van der Waals surface area contributed by atoms with Gasteiger partial charge in [-0.2, -0.15) is 0 Å². The molecule has 2 aliphatic heterocycles. The second-order valence-electron chi connectivity index (χ2n) is 6.72. The summed E-state index contributed by atoms with van der Waals surface area (Å²) in [6.07, 6.45) is 5.42. The van der Waals surface area contributed by atoms with Gasteiger partial charge in [0, 0.05) is 37.3 Å². The van der Waals surface area contributed by atoms with Crippen LogP contribution in [-0.2, 0) is 16.1 Å². The minimum atomic E-state index is -0.250. The Labute approximate surface area is 147 Å². The molecule has 6 nitrogen and oxygen atoms in total. The molecule has 1 amide bonds. The number of carboxylic acid groups (broad SMARTS) is 1. The number of amides is 1. The van der Waals surface area contributed by atoms with Crippen LogP contribution in [-0.4, -0.2) is 53.6 Å². The van der Waals surface area contributed by atoms with Crippen molar-refractivity contribution in [2.45, 2.75) is 43.9 Å². The van der Waals surface area contributed by atoms with E-state index in [4.69, 9.17) is 9.90 Å². The van der Waals surface area contributed by atoms with Gasteiger partial charge in [-0.3, -0.25) is 9.59 Å². The number of rotatable bonds is 4. The van der Waals surface area contributed by atoms with Gasteiger partial charge in [0.15, 0.2) is 0 Å². The number of carbonyl (C=O) groups is 2. The van der Waals surface area contributed by atoms with Crippen molar-refractivity contribution in [2.75, 3.05) is 13.1 Å². The Morgan fingerprint density at radius 2 is 1.96 bits per heavy atom. The molecule has 4 rings (SSSR count). The highest BCUT2D eigenvalue weighted by Crippen LogP contribution is 2.31. The molecule has 2 unspecified atom stereocenters. The monoisotopic (exact) mass is 343 g/mol. The van der Waals surface area contributed by atoms with Crippen LogP contribution in [0.25, 0.3) is 0 Å². The van der Waals surface area contributed by atoms with Gasteiger partial charge in [-0.25, -0.2) is 0 Å². The second kappa shape index (κ2) is 8.27. The highest BCUT2D eigenvalue weighted by molar-refractivity contribution is 5.95. The first kappa shape index (κ1) is 17.6. The molecule has 2 bridgehead atoms. The van der Waals surface area contributed by atoms with E-state index in [0.717, 1.165) is 44.5 Å². The van der Waals surface area contributed by atoms with Crippen molar-refractivity contribution in [3.05, 3.63) is 47.5 Å². The lowest BCUT2D eigenvalue weighted by molar-refractivity contribution is -0.129. The number of nitrogens with one attached hydrogen (secondary N) is 2. The molecule has 0 aromatic heterocycles. The lowest BCUT2D eigenvalue weighted by atomic mass is 9.93. The Morgan fingerprint density at radius 3 is 2.64 bits per heavy atom. The highest BCUT2D eigenvalue weighted by Gasteiger charge is 2.38. The van der Waals surface area contributed by atoms with Crippen LogP contribution in [0.15, 0.2) is 42.0 Å². The molecule has 2 atom stereocenters. The molecule has 1 aromatic rings. The van der Waals surface area contributed by atoms with E-state index >= 15 is 0 Å². The lowest BCUT2D eigenvalue weighted by Crippen LogP contribution is -2.59. The van der Waals surface area contributed by atoms with Crippen LogP contribution in [0.1, 0.15) is 24.8 Å². The van der Waals surface area contributed by atoms with Gasteiger partial charge in [-0.05, 0) is 24.8 Å². The molecule has 25 heavy (non-hydrogen) atoms. The van der Waals surface area contributed by atoms with Crippen molar-refractivity contribution in [1.29, 1.82) is 0 Å². The minimum Gasteiger partial charge on any atom is -0.483 e. The molecular formula is C19H25N3O3. The molecule has 1 aliphatic carbocycles. The fraction of sp³-hybridized carbons (Fsp3) is 0.474. The molecule has 2 heterocycles. The van der Waals surface area contributed by atoms with Gasteiger partial charge in [0.25, 0.3) is 12.4 Å². The maximum absolute atomic E-state index is 13.1. The molecule has 134 valence electrons. The van der Waals surface area contributed by atoms with Crippen LogP contribution in [0.3, 0.4) is 0 Å². The van der Waals surface area contributed by atoms with Crippen molar-refractivity contribution >= 4 is 12.4 Å². The van der Waals surface area contributed by atoms with Crippen molar-refractivity contribution in [3.8, 4) is 0 Å².